The highest BCUT2D eigenvalue weighted by molar-refractivity contribution is 5.46. The SMILES string of the molecule is COc1ccc(COc2ccc3c(c2)O[C@H](CN)CO3)cc1. The third-order valence-electron chi connectivity index (χ3n) is 3.46. The Balaban J connectivity index is 1.65. The summed E-state index contributed by atoms with van der Waals surface area (Å²) in [6, 6.07) is 13.3. The Morgan fingerprint density at radius 3 is 2.59 bits per heavy atom. The maximum atomic E-state index is 5.79. The van der Waals surface area contributed by atoms with Crippen LogP contribution in [0.25, 0.3) is 0 Å². The van der Waals surface area contributed by atoms with Gasteiger partial charge in [0.2, 0.25) is 0 Å². The quantitative estimate of drug-likeness (QED) is 0.918. The summed E-state index contributed by atoms with van der Waals surface area (Å²) in [6.45, 7) is 1.38. The number of rotatable bonds is 5. The van der Waals surface area contributed by atoms with E-state index in [2.05, 4.69) is 0 Å². The second-order valence-electron chi connectivity index (χ2n) is 5.03. The molecule has 22 heavy (non-hydrogen) atoms. The summed E-state index contributed by atoms with van der Waals surface area (Å²) in [5.41, 5.74) is 6.68. The highest BCUT2D eigenvalue weighted by Crippen LogP contribution is 2.35. The van der Waals surface area contributed by atoms with Crippen LogP contribution in [0.3, 0.4) is 0 Å². The minimum atomic E-state index is -0.107. The number of benzene rings is 2. The molecule has 5 heteroatoms. The molecule has 0 bridgehead atoms. The maximum Gasteiger partial charge on any atom is 0.165 e. The fraction of sp³-hybridized carbons (Fsp3) is 0.294. The number of ether oxygens (including phenoxy) is 4. The Morgan fingerprint density at radius 1 is 1.09 bits per heavy atom. The number of nitrogens with two attached hydrogens (primary N) is 1. The Hall–Kier alpha value is -2.40. The van der Waals surface area contributed by atoms with E-state index in [1.807, 2.05) is 42.5 Å². The zero-order valence-corrected chi connectivity index (χ0v) is 12.5. The van der Waals surface area contributed by atoms with Gasteiger partial charge in [-0.25, -0.2) is 0 Å². The lowest BCUT2D eigenvalue weighted by molar-refractivity contribution is 0.0962. The van der Waals surface area contributed by atoms with Gasteiger partial charge in [-0.2, -0.15) is 0 Å². The summed E-state index contributed by atoms with van der Waals surface area (Å²) in [5, 5.41) is 0. The zero-order chi connectivity index (χ0) is 15.4. The fourth-order valence-corrected chi connectivity index (χ4v) is 2.19. The Labute approximate surface area is 129 Å². The topological polar surface area (TPSA) is 62.9 Å². The molecule has 0 spiro atoms. The van der Waals surface area contributed by atoms with Gasteiger partial charge < -0.3 is 24.7 Å². The van der Waals surface area contributed by atoms with E-state index < -0.39 is 0 Å². The van der Waals surface area contributed by atoms with Gasteiger partial charge in [0.1, 0.15) is 30.8 Å². The van der Waals surface area contributed by atoms with Crippen LogP contribution in [0, 0.1) is 0 Å². The van der Waals surface area contributed by atoms with Crippen molar-refractivity contribution in [3.63, 3.8) is 0 Å². The fourth-order valence-electron chi connectivity index (χ4n) is 2.19. The number of methoxy groups -OCH3 is 1. The summed E-state index contributed by atoms with van der Waals surface area (Å²) in [5.74, 6) is 2.96. The smallest absolute Gasteiger partial charge is 0.165 e. The van der Waals surface area contributed by atoms with Gasteiger partial charge in [-0.3, -0.25) is 0 Å². The molecule has 0 aromatic heterocycles. The van der Waals surface area contributed by atoms with E-state index in [-0.39, 0.29) is 6.10 Å². The molecule has 116 valence electrons. The van der Waals surface area contributed by atoms with E-state index >= 15 is 0 Å². The molecule has 2 N–H and O–H groups in total. The molecule has 0 unspecified atom stereocenters. The predicted octanol–water partition coefficient (Wildman–Crippen LogP) is 2.37. The minimum Gasteiger partial charge on any atom is -0.497 e. The van der Waals surface area contributed by atoms with Crippen LogP contribution < -0.4 is 24.7 Å². The number of hydrogen-bond donors (Lipinski definition) is 1. The van der Waals surface area contributed by atoms with E-state index in [1.165, 1.54) is 0 Å². The van der Waals surface area contributed by atoms with Crippen molar-refractivity contribution in [3.05, 3.63) is 48.0 Å². The molecule has 2 aromatic carbocycles. The van der Waals surface area contributed by atoms with Crippen molar-refractivity contribution in [2.45, 2.75) is 12.7 Å². The molecule has 0 saturated carbocycles. The first-order valence-corrected chi connectivity index (χ1v) is 7.18. The zero-order valence-electron chi connectivity index (χ0n) is 12.5. The van der Waals surface area contributed by atoms with Gasteiger partial charge in [0.15, 0.2) is 11.5 Å². The molecule has 1 heterocycles. The van der Waals surface area contributed by atoms with E-state index in [0.29, 0.717) is 25.5 Å². The van der Waals surface area contributed by atoms with E-state index in [0.717, 1.165) is 22.8 Å². The minimum absolute atomic E-state index is 0.107. The molecule has 1 aliphatic heterocycles. The first-order valence-electron chi connectivity index (χ1n) is 7.18. The maximum absolute atomic E-state index is 5.79. The van der Waals surface area contributed by atoms with Gasteiger partial charge in [0.25, 0.3) is 0 Å². The average molecular weight is 301 g/mol. The van der Waals surface area contributed by atoms with Crippen molar-refractivity contribution in [2.24, 2.45) is 5.73 Å². The van der Waals surface area contributed by atoms with Crippen LogP contribution in [0.4, 0.5) is 0 Å². The molecule has 3 rings (SSSR count). The van der Waals surface area contributed by atoms with Crippen LogP contribution in [-0.4, -0.2) is 26.4 Å². The number of fused-ring (bicyclic) bond motifs is 1. The van der Waals surface area contributed by atoms with E-state index in [1.54, 1.807) is 7.11 Å². The van der Waals surface area contributed by atoms with Gasteiger partial charge in [-0.05, 0) is 29.8 Å². The van der Waals surface area contributed by atoms with Crippen molar-refractivity contribution < 1.29 is 18.9 Å². The summed E-state index contributed by atoms with van der Waals surface area (Å²) in [7, 11) is 1.65. The lowest BCUT2D eigenvalue weighted by Crippen LogP contribution is -2.35. The normalized spacial score (nSPS) is 16.2. The van der Waals surface area contributed by atoms with Gasteiger partial charge in [0.05, 0.1) is 7.11 Å². The van der Waals surface area contributed by atoms with Crippen LogP contribution in [0.1, 0.15) is 5.56 Å². The first-order chi connectivity index (χ1) is 10.8. The molecule has 0 radical (unpaired) electrons. The van der Waals surface area contributed by atoms with Crippen LogP contribution in [0.15, 0.2) is 42.5 Å². The summed E-state index contributed by atoms with van der Waals surface area (Å²) < 4.78 is 22.3. The van der Waals surface area contributed by atoms with Gasteiger partial charge in [0, 0.05) is 12.6 Å². The molecule has 0 fully saturated rings. The molecular formula is C17H19NO4. The highest BCUT2D eigenvalue weighted by atomic mass is 16.6. The Bertz CT molecular complexity index is 627. The van der Waals surface area contributed by atoms with Crippen molar-refractivity contribution in [2.75, 3.05) is 20.3 Å². The second-order valence-corrected chi connectivity index (χ2v) is 5.03. The van der Waals surface area contributed by atoms with Crippen LogP contribution in [0.2, 0.25) is 0 Å². The highest BCUT2D eigenvalue weighted by Gasteiger charge is 2.20. The standard InChI is InChI=1S/C17H19NO4/c1-19-13-4-2-12(3-5-13)10-20-14-6-7-16-17(8-14)22-15(9-18)11-21-16/h2-8,15H,9-11,18H2,1H3/t15-/m1/s1. The van der Waals surface area contributed by atoms with E-state index in [9.17, 15) is 0 Å². The van der Waals surface area contributed by atoms with Gasteiger partial charge in [-0.1, -0.05) is 12.1 Å². The third kappa shape index (κ3) is 3.26. The van der Waals surface area contributed by atoms with E-state index in [4.69, 9.17) is 24.7 Å². The lowest BCUT2D eigenvalue weighted by atomic mass is 10.2. The third-order valence-corrected chi connectivity index (χ3v) is 3.46. The molecule has 0 aliphatic carbocycles. The van der Waals surface area contributed by atoms with Gasteiger partial charge in [-0.15, -0.1) is 0 Å². The second kappa shape index (κ2) is 6.58. The largest absolute Gasteiger partial charge is 0.497 e. The van der Waals surface area contributed by atoms with Crippen LogP contribution in [0.5, 0.6) is 23.0 Å². The number of hydrogen-bond acceptors (Lipinski definition) is 5. The monoisotopic (exact) mass is 301 g/mol. The average Bonchev–Trinajstić information content (AvgIpc) is 2.59. The van der Waals surface area contributed by atoms with Gasteiger partial charge >= 0.3 is 0 Å². The molecule has 1 aliphatic rings. The molecule has 2 aromatic rings. The Kier molecular flexibility index (Phi) is 4.34. The molecule has 0 amide bonds. The van der Waals surface area contributed by atoms with Crippen molar-refractivity contribution in [1.82, 2.24) is 0 Å². The summed E-state index contributed by atoms with van der Waals surface area (Å²) in [4.78, 5) is 0. The first kappa shape index (κ1) is 14.5. The van der Waals surface area contributed by atoms with Crippen molar-refractivity contribution >= 4 is 0 Å². The lowest BCUT2D eigenvalue weighted by Gasteiger charge is -2.25. The molecule has 0 saturated heterocycles. The van der Waals surface area contributed by atoms with Crippen LogP contribution in [-0.2, 0) is 6.61 Å². The van der Waals surface area contributed by atoms with Crippen molar-refractivity contribution in [3.8, 4) is 23.0 Å². The molecule has 5 nitrogen and oxygen atoms in total. The molecular weight excluding hydrogens is 282 g/mol. The van der Waals surface area contributed by atoms with Crippen molar-refractivity contribution in [1.29, 1.82) is 0 Å². The van der Waals surface area contributed by atoms with Crippen LogP contribution >= 0.6 is 0 Å². The Morgan fingerprint density at radius 2 is 1.86 bits per heavy atom. The summed E-state index contributed by atoms with van der Waals surface area (Å²) in [6.07, 6.45) is -0.107. The summed E-state index contributed by atoms with van der Waals surface area (Å²) >= 11 is 0. The predicted molar refractivity (Wildman–Crippen MR) is 82.7 cm³/mol. The molecule has 1 atom stereocenters.